The lowest BCUT2D eigenvalue weighted by Gasteiger charge is -2.39. The van der Waals surface area contributed by atoms with Crippen LogP contribution in [0, 0.1) is 10.1 Å². The van der Waals surface area contributed by atoms with E-state index in [-0.39, 0.29) is 29.7 Å². The van der Waals surface area contributed by atoms with Gasteiger partial charge < -0.3 is 4.43 Å². The van der Waals surface area contributed by atoms with Crippen LogP contribution in [0.2, 0.25) is 23.2 Å². The summed E-state index contributed by atoms with van der Waals surface area (Å²) in [7, 11) is -2.91. The fourth-order valence-corrected chi connectivity index (χ4v) is 5.14. The number of halogens is 4. The van der Waals surface area contributed by atoms with Crippen molar-refractivity contribution in [1.29, 1.82) is 0 Å². The summed E-state index contributed by atoms with van der Waals surface area (Å²) in [4.78, 5) is 32.4. The average Bonchev–Trinajstić information content (AvgIpc) is 3.48. The number of pyridine rings is 1. The molecule has 0 spiro atoms. The van der Waals surface area contributed by atoms with Crippen LogP contribution in [-0.4, -0.2) is 59.6 Å². The van der Waals surface area contributed by atoms with E-state index in [0.29, 0.717) is 10.6 Å². The van der Waals surface area contributed by atoms with Crippen molar-refractivity contribution in [1.82, 2.24) is 34.1 Å². The molecule has 0 saturated carbocycles. The van der Waals surface area contributed by atoms with E-state index in [0.717, 1.165) is 13.9 Å². The molecular formula is C25H28ClF3N8O4Si. The summed E-state index contributed by atoms with van der Waals surface area (Å²) >= 11 is 6.00. The van der Waals surface area contributed by atoms with Crippen molar-refractivity contribution in [2.75, 3.05) is 0 Å². The molecule has 0 saturated heterocycles. The molecule has 17 heteroatoms. The van der Waals surface area contributed by atoms with Crippen LogP contribution in [0.25, 0.3) is 17.2 Å². The Bertz CT molecular complexity index is 1640. The lowest BCUT2D eigenvalue weighted by atomic mass is 10.2. The van der Waals surface area contributed by atoms with E-state index < -0.39 is 42.8 Å². The SMILES string of the molecule is CC(C)(C)[Si](C)(C)OC(Cn1c(-c2ccc(Cl)cc2)nn(Cc2ncn(-c3ncccc3[N+](=O)[O-])n2)c1=O)C(F)(F)F. The van der Waals surface area contributed by atoms with Crippen LogP contribution in [0.3, 0.4) is 0 Å². The van der Waals surface area contributed by atoms with Gasteiger partial charge in [0.1, 0.15) is 12.9 Å². The minimum Gasteiger partial charge on any atom is -0.404 e. The zero-order valence-corrected chi connectivity index (χ0v) is 25.1. The molecule has 3 heterocycles. The summed E-state index contributed by atoms with van der Waals surface area (Å²) in [6.07, 6.45) is -4.52. The van der Waals surface area contributed by atoms with Crippen LogP contribution in [-0.2, 0) is 17.5 Å². The Balaban J connectivity index is 1.75. The first-order valence-corrected chi connectivity index (χ1v) is 15.9. The number of hydrogen-bond acceptors (Lipinski definition) is 8. The molecule has 4 aromatic rings. The first kappa shape index (κ1) is 31.1. The minimum absolute atomic E-state index is 0.0225. The predicted octanol–water partition coefficient (Wildman–Crippen LogP) is 5.25. The largest absolute Gasteiger partial charge is 0.415 e. The van der Waals surface area contributed by atoms with E-state index in [1.54, 1.807) is 13.1 Å². The maximum absolute atomic E-state index is 14.3. The summed E-state index contributed by atoms with van der Waals surface area (Å²) in [6.45, 7) is 7.69. The van der Waals surface area contributed by atoms with Crippen LogP contribution in [0.1, 0.15) is 26.6 Å². The van der Waals surface area contributed by atoms with Gasteiger partial charge >= 0.3 is 17.6 Å². The molecule has 3 aromatic heterocycles. The van der Waals surface area contributed by atoms with E-state index in [9.17, 15) is 28.1 Å². The van der Waals surface area contributed by atoms with Gasteiger partial charge in [0.05, 0.1) is 11.5 Å². The maximum atomic E-state index is 14.3. The Hall–Kier alpha value is -3.89. The van der Waals surface area contributed by atoms with Gasteiger partial charge in [-0.2, -0.15) is 17.9 Å². The zero-order valence-electron chi connectivity index (χ0n) is 23.3. The van der Waals surface area contributed by atoms with Crippen molar-refractivity contribution in [3.8, 4) is 17.2 Å². The van der Waals surface area contributed by atoms with Crippen molar-refractivity contribution >= 4 is 25.6 Å². The highest BCUT2D eigenvalue weighted by Gasteiger charge is 2.48. The molecule has 12 nitrogen and oxygen atoms in total. The van der Waals surface area contributed by atoms with E-state index in [4.69, 9.17) is 16.0 Å². The Morgan fingerprint density at radius 1 is 1.10 bits per heavy atom. The second kappa shape index (κ2) is 11.4. The van der Waals surface area contributed by atoms with Gasteiger partial charge in [-0.15, -0.1) is 10.2 Å². The summed E-state index contributed by atoms with van der Waals surface area (Å²) < 4.78 is 51.6. The number of nitrogens with zero attached hydrogens (tertiary/aromatic N) is 8. The highest BCUT2D eigenvalue weighted by Crippen LogP contribution is 2.40. The molecule has 1 atom stereocenters. The van der Waals surface area contributed by atoms with Gasteiger partial charge in [-0.25, -0.2) is 19.4 Å². The molecular weight excluding hydrogens is 597 g/mol. The van der Waals surface area contributed by atoms with Gasteiger partial charge in [0.25, 0.3) is 0 Å². The zero-order chi connectivity index (χ0) is 31.0. The highest BCUT2D eigenvalue weighted by atomic mass is 35.5. The quantitative estimate of drug-likeness (QED) is 0.140. The number of alkyl halides is 3. The van der Waals surface area contributed by atoms with Gasteiger partial charge in [-0.05, 0) is 48.5 Å². The van der Waals surface area contributed by atoms with Crippen molar-refractivity contribution in [2.45, 2.75) is 64.3 Å². The fraction of sp³-hybridized carbons (Fsp3) is 0.400. The number of rotatable bonds is 9. The topological polar surface area (TPSA) is 136 Å². The van der Waals surface area contributed by atoms with E-state index in [1.165, 1.54) is 48.9 Å². The first-order chi connectivity index (χ1) is 19.5. The van der Waals surface area contributed by atoms with Gasteiger partial charge in [0, 0.05) is 22.8 Å². The maximum Gasteiger partial charge on any atom is 0.415 e. The van der Waals surface area contributed by atoms with Gasteiger partial charge in [0.2, 0.25) is 5.82 Å². The van der Waals surface area contributed by atoms with Crippen molar-refractivity contribution in [2.24, 2.45) is 0 Å². The van der Waals surface area contributed by atoms with Gasteiger partial charge in [-0.3, -0.25) is 14.7 Å². The Kier molecular flexibility index (Phi) is 8.44. The smallest absolute Gasteiger partial charge is 0.404 e. The average molecular weight is 625 g/mol. The predicted molar refractivity (Wildman–Crippen MR) is 150 cm³/mol. The summed E-state index contributed by atoms with van der Waals surface area (Å²) in [5.74, 6) is -0.115. The van der Waals surface area contributed by atoms with E-state index in [2.05, 4.69) is 20.2 Å². The van der Waals surface area contributed by atoms with Crippen LogP contribution >= 0.6 is 11.6 Å². The monoisotopic (exact) mass is 624 g/mol. The van der Waals surface area contributed by atoms with Gasteiger partial charge in [-0.1, -0.05) is 32.4 Å². The molecule has 1 unspecified atom stereocenters. The second-order valence-electron chi connectivity index (χ2n) is 11.0. The molecule has 0 bridgehead atoms. The van der Waals surface area contributed by atoms with Crippen LogP contribution in [0.4, 0.5) is 18.9 Å². The Labute approximate surface area is 244 Å². The molecule has 0 fully saturated rings. The molecule has 0 radical (unpaired) electrons. The molecule has 0 aliphatic heterocycles. The highest BCUT2D eigenvalue weighted by molar-refractivity contribution is 6.74. The Morgan fingerprint density at radius 2 is 1.76 bits per heavy atom. The minimum atomic E-state index is -4.77. The van der Waals surface area contributed by atoms with Crippen molar-refractivity contribution in [3.63, 3.8) is 0 Å². The van der Waals surface area contributed by atoms with Crippen LogP contribution in [0.15, 0.2) is 53.7 Å². The molecule has 1 aromatic carbocycles. The third-order valence-corrected chi connectivity index (χ3v) is 11.7. The van der Waals surface area contributed by atoms with Crippen molar-refractivity contribution in [3.05, 3.63) is 80.4 Å². The van der Waals surface area contributed by atoms with Gasteiger partial charge in [0.15, 0.2) is 26.1 Å². The Morgan fingerprint density at radius 3 is 2.36 bits per heavy atom. The third-order valence-electron chi connectivity index (χ3n) is 6.99. The van der Waals surface area contributed by atoms with Crippen LogP contribution < -0.4 is 5.69 Å². The standard InChI is InChI=1S/C25H28ClF3N8O4Si/c1-24(2,3)42(4,5)41-19(25(27,28)29)13-34-21(16-8-10-17(26)11-9-16)33-35(23(34)38)14-20-31-15-36(32-20)22-18(37(39)40)7-6-12-30-22/h6-12,15,19H,13-14H2,1-5H3. The number of benzene rings is 1. The first-order valence-electron chi connectivity index (χ1n) is 12.7. The summed E-state index contributed by atoms with van der Waals surface area (Å²) in [6, 6.07) is 8.77. The molecule has 0 N–H and O–H groups in total. The van der Waals surface area contributed by atoms with Crippen molar-refractivity contribution < 1.29 is 22.5 Å². The molecule has 0 aliphatic rings. The third kappa shape index (κ3) is 6.60. The fourth-order valence-electron chi connectivity index (χ4n) is 3.74. The normalized spacial score (nSPS) is 13.4. The number of hydrogen-bond donors (Lipinski definition) is 0. The molecule has 224 valence electrons. The van der Waals surface area contributed by atoms with E-state index >= 15 is 0 Å². The summed E-state index contributed by atoms with van der Waals surface area (Å²) in [5.41, 5.74) is -0.820. The van der Waals surface area contributed by atoms with Crippen LogP contribution in [0.5, 0.6) is 0 Å². The molecule has 0 aliphatic carbocycles. The lowest BCUT2D eigenvalue weighted by Crippen LogP contribution is -2.50. The molecule has 4 rings (SSSR count). The molecule has 42 heavy (non-hydrogen) atoms. The molecule has 0 amide bonds. The number of nitro groups is 1. The second-order valence-corrected chi connectivity index (χ2v) is 16.2. The van der Waals surface area contributed by atoms with E-state index in [1.807, 2.05) is 20.8 Å². The lowest BCUT2D eigenvalue weighted by molar-refractivity contribution is -0.384. The number of aromatic nitrogens is 7. The summed E-state index contributed by atoms with van der Waals surface area (Å²) in [5, 5.41) is 19.7.